The molecule has 0 fully saturated rings. The highest BCUT2D eigenvalue weighted by Gasteiger charge is 2.06. The van der Waals surface area contributed by atoms with Crippen LogP contribution in [0.1, 0.15) is 5.56 Å². The topological polar surface area (TPSA) is 43.6 Å². The summed E-state index contributed by atoms with van der Waals surface area (Å²) in [5, 5.41) is 8.19. The first-order chi connectivity index (χ1) is 8.34. The van der Waals surface area contributed by atoms with Gasteiger partial charge in [-0.25, -0.2) is 9.67 Å². The van der Waals surface area contributed by atoms with Gasteiger partial charge in [0.25, 0.3) is 0 Å². The molecule has 0 saturated carbocycles. The number of hydrogen-bond acceptors (Lipinski definition) is 3. The minimum Gasteiger partial charge on any atom is -0.235 e. The third kappa shape index (κ3) is 1.93. The Morgan fingerprint density at radius 1 is 1.12 bits per heavy atom. The van der Waals surface area contributed by atoms with Crippen LogP contribution in [0.2, 0.25) is 0 Å². The maximum atomic E-state index is 4.29. The smallest absolute Gasteiger partial charge is 0.178 e. The van der Waals surface area contributed by atoms with Gasteiger partial charge in [0.1, 0.15) is 5.52 Å². The summed E-state index contributed by atoms with van der Waals surface area (Å²) in [4.78, 5) is 4.29. The first-order valence-electron chi connectivity index (χ1n) is 5.22. The van der Waals surface area contributed by atoms with Crippen LogP contribution in [0, 0.1) is 0 Å². The molecular formula is C12H9BrN4. The maximum Gasteiger partial charge on any atom is 0.178 e. The normalized spacial score (nSPS) is 10.9. The Kier molecular flexibility index (Phi) is 2.60. The molecule has 3 aromatic rings. The van der Waals surface area contributed by atoms with Crippen LogP contribution in [0.15, 0.2) is 47.1 Å². The lowest BCUT2D eigenvalue weighted by Gasteiger charge is -2.04. The van der Waals surface area contributed by atoms with Crippen LogP contribution in [0.5, 0.6) is 0 Å². The number of fused-ring (bicyclic) bond motifs is 1. The fraction of sp³-hybridized carbons (Fsp3) is 0.0833. The summed E-state index contributed by atoms with van der Waals surface area (Å²) >= 11 is 3.52. The molecule has 3 rings (SSSR count). The molecule has 0 atom stereocenters. The van der Waals surface area contributed by atoms with Crippen molar-refractivity contribution in [3.63, 3.8) is 0 Å². The molecule has 0 amide bonds. The van der Waals surface area contributed by atoms with Crippen LogP contribution in [-0.2, 0) is 6.54 Å². The zero-order valence-corrected chi connectivity index (χ0v) is 10.5. The van der Waals surface area contributed by atoms with Gasteiger partial charge in [-0.2, -0.15) is 0 Å². The zero-order valence-electron chi connectivity index (χ0n) is 8.92. The molecule has 0 saturated heterocycles. The second kappa shape index (κ2) is 4.25. The summed E-state index contributed by atoms with van der Waals surface area (Å²) in [6, 6.07) is 11.8. The highest BCUT2D eigenvalue weighted by atomic mass is 79.9. The van der Waals surface area contributed by atoms with E-state index in [-0.39, 0.29) is 0 Å². The average molecular weight is 289 g/mol. The van der Waals surface area contributed by atoms with E-state index in [1.54, 1.807) is 10.9 Å². The van der Waals surface area contributed by atoms with Gasteiger partial charge in [-0.3, -0.25) is 0 Å². The molecule has 2 heterocycles. The molecule has 5 heteroatoms. The lowest BCUT2D eigenvalue weighted by molar-refractivity contribution is 0.662. The zero-order chi connectivity index (χ0) is 11.7. The second-order valence-electron chi connectivity index (χ2n) is 3.68. The highest BCUT2D eigenvalue weighted by molar-refractivity contribution is 9.10. The predicted octanol–water partition coefficient (Wildman–Crippen LogP) is 2.64. The van der Waals surface area contributed by atoms with E-state index in [0.29, 0.717) is 6.54 Å². The fourth-order valence-corrected chi connectivity index (χ4v) is 2.11. The number of halogens is 1. The SMILES string of the molecule is Brc1ccccc1Cn1nnc2cccnc21. The van der Waals surface area contributed by atoms with Gasteiger partial charge in [-0.1, -0.05) is 39.3 Å². The van der Waals surface area contributed by atoms with Gasteiger partial charge in [-0.15, -0.1) is 5.10 Å². The standard InChI is InChI=1S/C12H9BrN4/c13-10-5-2-1-4-9(10)8-17-12-11(15-16-17)6-3-7-14-12/h1-7H,8H2. The van der Waals surface area contributed by atoms with Crippen LogP contribution < -0.4 is 0 Å². The van der Waals surface area contributed by atoms with E-state index in [1.807, 2.05) is 30.3 Å². The third-order valence-electron chi connectivity index (χ3n) is 2.55. The number of aromatic nitrogens is 4. The van der Waals surface area contributed by atoms with Gasteiger partial charge in [0.15, 0.2) is 5.65 Å². The average Bonchev–Trinajstić information content (AvgIpc) is 2.76. The molecule has 1 aromatic carbocycles. The van der Waals surface area contributed by atoms with Crippen molar-refractivity contribution >= 4 is 27.1 Å². The van der Waals surface area contributed by atoms with Crippen molar-refractivity contribution in [1.29, 1.82) is 0 Å². The van der Waals surface area contributed by atoms with Crippen molar-refractivity contribution in [1.82, 2.24) is 20.0 Å². The molecule has 84 valence electrons. The van der Waals surface area contributed by atoms with Crippen molar-refractivity contribution in [2.24, 2.45) is 0 Å². The maximum absolute atomic E-state index is 4.29. The minimum atomic E-state index is 0.662. The summed E-state index contributed by atoms with van der Waals surface area (Å²) in [5.74, 6) is 0. The van der Waals surface area contributed by atoms with Gasteiger partial charge < -0.3 is 0 Å². The van der Waals surface area contributed by atoms with E-state index in [9.17, 15) is 0 Å². The van der Waals surface area contributed by atoms with Crippen LogP contribution in [0.4, 0.5) is 0 Å². The first kappa shape index (κ1) is 10.4. The molecule has 17 heavy (non-hydrogen) atoms. The van der Waals surface area contributed by atoms with E-state index >= 15 is 0 Å². The number of rotatable bonds is 2. The summed E-state index contributed by atoms with van der Waals surface area (Å²) in [5.41, 5.74) is 2.78. The molecule has 0 aliphatic rings. The van der Waals surface area contributed by atoms with Gasteiger partial charge in [0, 0.05) is 10.7 Å². The molecule has 0 N–H and O–H groups in total. The Balaban J connectivity index is 2.03. The monoisotopic (exact) mass is 288 g/mol. The number of pyridine rings is 1. The molecular weight excluding hydrogens is 280 g/mol. The van der Waals surface area contributed by atoms with E-state index < -0.39 is 0 Å². The number of hydrogen-bond donors (Lipinski definition) is 0. The largest absolute Gasteiger partial charge is 0.235 e. The first-order valence-corrected chi connectivity index (χ1v) is 6.01. The Morgan fingerprint density at radius 3 is 2.88 bits per heavy atom. The van der Waals surface area contributed by atoms with Crippen LogP contribution in [-0.4, -0.2) is 20.0 Å². The van der Waals surface area contributed by atoms with Crippen LogP contribution in [0.3, 0.4) is 0 Å². The van der Waals surface area contributed by atoms with Gasteiger partial charge in [0.2, 0.25) is 0 Å². The summed E-state index contributed by atoms with van der Waals surface area (Å²) < 4.78 is 2.87. The lowest BCUT2D eigenvalue weighted by atomic mass is 10.2. The molecule has 0 bridgehead atoms. The van der Waals surface area contributed by atoms with E-state index in [1.165, 1.54) is 0 Å². The predicted molar refractivity (Wildman–Crippen MR) is 68.6 cm³/mol. The number of nitrogens with zero attached hydrogens (tertiary/aromatic N) is 4. The van der Waals surface area contributed by atoms with Crippen molar-refractivity contribution in [3.8, 4) is 0 Å². The quantitative estimate of drug-likeness (QED) is 0.728. The molecule has 4 nitrogen and oxygen atoms in total. The van der Waals surface area contributed by atoms with E-state index in [2.05, 4.69) is 37.3 Å². The molecule has 0 aliphatic carbocycles. The van der Waals surface area contributed by atoms with E-state index in [4.69, 9.17) is 0 Å². The third-order valence-corrected chi connectivity index (χ3v) is 3.32. The van der Waals surface area contributed by atoms with Gasteiger partial charge >= 0.3 is 0 Å². The number of benzene rings is 1. The van der Waals surface area contributed by atoms with Crippen LogP contribution >= 0.6 is 15.9 Å². The molecule has 0 spiro atoms. The minimum absolute atomic E-state index is 0.662. The Bertz CT molecular complexity index is 662. The molecule has 0 unspecified atom stereocenters. The van der Waals surface area contributed by atoms with Crippen molar-refractivity contribution in [2.45, 2.75) is 6.54 Å². The molecule has 0 radical (unpaired) electrons. The molecule has 0 aliphatic heterocycles. The van der Waals surface area contributed by atoms with Crippen LogP contribution in [0.25, 0.3) is 11.2 Å². The summed E-state index contributed by atoms with van der Waals surface area (Å²) in [6.07, 6.45) is 1.75. The van der Waals surface area contributed by atoms with Gasteiger partial charge in [0.05, 0.1) is 6.54 Å². The fourth-order valence-electron chi connectivity index (χ4n) is 1.70. The Morgan fingerprint density at radius 2 is 2.00 bits per heavy atom. The Hall–Kier alpha value is -1.75. The summed E-state index contributed by atoms with van der Waals surface area (Å²) in [6.45, 7) is 0.662. The Labute approximate surface area is 106 Å². The lowest BCUT2D eigenvalue weighted by Crippen LogP contribution is -2.03. The van der Waals surface area contributed by atoms with Crippen molar-refractivity contribution < 1.29 is 0 Å². The molecule has 2 aromatic heterocycles. The van der Waals surface area contributed by atoms with Crippen molar-refractivity contribution in [3.05, 3.63) is 52.6 Å². The highest BCUT2D eigenvalue weighted by Crippen LogP contribution is 2.18. The van der Waals surface area contributed by atoms with Crippen molar-refractivity contribution in [2.75, 3.05) is 0 Å². The van der Waals surface area contributed by atoms with Gasteiger partial charge in [-0.05, 0) is 23.8 Å². The second-order valence-corrected chi connectivity index (χ2v) is 4.54. The summed E-state index contributed by atoms with van der Waals surface area (Å²) in [7, 11) is 0. The van der Waals surface area contributed by atoms with E-state index in [0.717, 1.165) is 21.2 Å².